The lowest BCUT2D eigenvalue weighted by Gasteiger charge is -2.03. The van der Waals surface area contributed by atoms with Crippen LogP contribution in [0.5, 0.6) is 0 Å². The molecule has 0 aliphatic carbocycles. The molecule has 0 aliphatic rings. The van der Waals surface area contributed by atoms with Gasteiger partial charge in [0.1, 0.15) is 11.3 Å². The summed E-state index contributed by atoms with van der Waals surface area (Å²) in [5.41, 5.74) is 15.0. The van der Waals surface area contributed by atoms with Crippen molar-refractivity contribution in [3.63, 3.8) is 0 Å². The molecule has 8 heteroatoms. The van der Waals surface area contributed by atoms with Crippen molar-refractivity contribution in [2.24, 2.45) is 5.73 Å². The Morgan fingerprint density at radius 3 is 2.50 bits per heavy atom. The van der Waals surface area contributed by atoms with E-state index in [1.807, 2.05) is 55.5 Å². The van der Waals surface area contributed by atoms with Gasteiger partial charge in [-0.1, -0.05) is 48.5 Å². The van der Waals surface area contributed by atoms with Crippen molar-refractivity contribution in [3.05, 3.63) is 77.9 Å². The van der Waals surface area contributed by atoms with Crippen LogP contribution in [0.15, 0.2) is 60.9 Å². The summed E-state index contributed by atoms with van der Waals surface area (Å²) in [6, 6.07) is 17.0. The molecule has 0 spiro atoms. The number of benzene rings is 2. The number of imidazole rings is 1. The molecule has 4 aromatic rings. The molecule has 0 radical (unpaired) electrons. The highest BCUT2D eigenvalue weighted by atomic mass is 16.2. The van der Waals surface area contributed by atoms with Gasteiger partial charge in [0.15, 0.2) is 11.5 Å². The van der Waals surface area contributed by atoms with E-state index < -0.39 is 6.03 Å². The third kappa shape index (κ3) is 4.82. The number of amides is 2. The molecule has 6 N–H and O–H groups in total. The van der Waals surface area contributed by atoms with Crippen LogP contribution in [0, 0.1) is 6.92 Å². The number of carbonyl (C=O) groups excluding carboxylic acids is 1. The zero-order valence-corrected chi connectivity index (χ0v) is 15.4. The van der Waals surface area contributed by atoms with Gasteiger partial charge in [-0.05, 0) is 24.1 Å². The number of nitrogen functional groups attached to an aromatic ring is 1. The Morgan fingerprint density at radius 1 is 1.07 bits per heavy atom. The van der Waals surface area contributed by atoms with Crippen molar-refractivity contribution >= 4 is 28.7 Å². The largest absolute Gasteiger partial charge is 0.382 e. The summed E-state index contributed by atoms with van der Waals surface area (Å²) in [6.45, 7) is 1.91. The molecule has 0 saturated carbocycles. The van der Waals surface area contributed by atoms with Crippen LogP contribution in [0.2, 0.25) is 0 Å². The van der Waals surface area contributed by atoms with Crippen LogP contribution in [0.1, 0.15) is 17.0 Å². The number of aryl methyl sites for hydroxylation is 1. The smallest absolute Gasteiger partial charge is 0.316 e. The molecule has 0 fully saturated rings. The first-order valence-corrected chi connectivity index (χ1v) is 8.64. The second kappa shape index (κ2) is 8.63. The zero-order chi connectivity index (χ0) is 19.9. The average molecular weight is 375 g/mol. The highest BCUT2D eigenvalue weighted by molar-refractivity contribution is 5.88. The summed E-state index contributed by atoms with van der Waals surface area (Å²) in [5, 5.41) is 2.51. The van der Waals surface area contributed by atoms with Crippen LogP contribution in [0.4, 0.5) is 16.3 Å². The first-order valence-electron chi connectivity index (χ1n) is 8.64. The summed E-state index contributed by atoms with van der Waals surface area (Å²) < 4.78 is 0. The maximum Gasteiger partial charge on any atom is 0.316 e. The molecule has 0 aliphatic heterocycles. The van der Waals surface area contributed by atoms with Gasteiger partial charge in [-0.2, -0.15) is 0 Å². The molecule has 2 aromatic heterocycles. The predicted octanol–water partition coefficient (Wildman–Crippen LogP) is 3.01. The molecule has 2 aromatic carbocycles. The van der Waals surface area contributed by atoms with Gasteiger partial charge in [0, 0.05) is 12.1 Å². The van der Waals surface area contributed by atoms with Gasteiger partial charge in [0.2, 0.25) is 0 Å². The van der Waals surface area contributed by atoms with Gasteiger partial charge in [0.05, 0.1) is 6.33 Å². The number of nitrogens with one attached hydrogen (secondary N) is 2. The number of para-hydroxylation sites is 1. The molecule has 0 saturated heterocycles. The Bertz CT molecular complexity index is 1080. The highest BCUT2D eigenvalue weighted by Gasteiger charge is 2.07. The Kier molecular flexibility index (Phi) is 5.81. The van der Waals surface area contributed by atoms with Crippen LogP contribution in [0.3, 0.4) is 0 Å². The molecule has 2 heterocycles. The Balaban J connectivity index is 0.000000178. The van der Waals surface area contributed by atoms with E-state index in [-0.39, 0.29) is 0 Å². The third-order valence-corrected chi connectivity index (χ3v) is 3.97. The third-order valence-electron chi connectivity index (χ3n) is 3.97. The van der Waals surface area contributed by atoms with Crippen LogP contribution >= 0.6 is 0 Å². The van der Waals surface area contributed by atoms with E-state index in [4.69, 9.17) is 11.5 Å². The van der Waals surface area contributed by atoms with Crippen molar-refractivity contribution in [1.82, 2.24) is 19.9 Å². The number of H-pyrrole nitrogens is 1. The van der Waals surface area contributed by atoms with Crippen molar-refractivity contribution < 1.29 is 4.79 Å². The fourth-order valence-corrected chi connectivity index (χ4v) is 2.61. The lowest BCUT2D eigenvalue weighted by Crippen LogP contribution is -2.19. The Morgan fingerprint density at radius 2 is 1.79 bits per heavy atom. The number of hydrogen-bond acceptors (Lipinski definition) is 5. The monoisotopic (exact) mass is 375 g/mol. The number of fused-ring (bicyclic) bond motifs is 1. The number of anilines is 2. The summed E-state index contributed by atoms with van der Waals surface area (Å²) >= 11 is 0. The first-order chi connectivity index (χ1) is 13.5. The molecule has 0 atom stereocenters. The topological polar surface area (TPSA) is 136 Å². The number of aromatic amines is 1. The molecule has 142 valence electrons. The molecular weight excluding hydrogens is 354 g/mol. The van der Waals surface area contributed by atoms with Crippen molar-refractivity contribution in [1.29, 1.82) is 0 Å². The quantitative estimate of drug-likeness (QED) is 0.436. The zero-order valence-electron chi connectivity index (χ0n) is 15.4. The molecule has 0 unspecified atom stereocenters. The maximum atomic E-state index is 10.4. The number of carbonyl (C=O) groups is 1. The molecule has 8 nitrogen and oxygen atoms in total. The fraction of sp³-hybridized carbons (Fsp3) is 0.100. The Labute approximate surface area is 162 Å². The van der Waals surface area contributed by atoms with Crippen molar-refractivity contribution in [3.8, 4) is 0 Å². The van der Waals surface area contributed by atoms with Crippen molar-refractivity contribution in [2.45, 2.75) is 13.3 Å². The van der Waals surface area contributed by atoms with Crippen LogP contribution < -0.4 is 16.8 Å². The molecule has 28 heavy (non-hydrogen) atoms. The standard InChI is InChI=1S/C12H11N5.C8H10N2O/c13-11-10-12(15-7-14-10)17-9(16-11)6-8-4-2-1-3-5-8;1-6-4-2-3-5-7(6)10-8(9)11/h1-5,7H,6H2,(H3,13,14,15,16,17);2-5H,1H3,(H3,9,10,11). The van der Waals surface area contributed by atoms with Crippen LogP contribution in [-0.2, 0) is 6.42 Å². The number of urea groups is 1. The van der Waals surface area contributed by atoms with E-state index in [1.165, 1.54) is 0 Å². The first kappa shape index (κ1) is 18.8. The number of nitrogens with two attached hydrogens (primary N) is 2. The Hall–Kier alpha value is -3.94. The normalized spacial score (nSPS) is 10.2. The molecule has 0 bridgehead atoms. The number of hydrogen-bond donors (Lipinski definition) is 4. The minimum absolute atomic E-state index is 0.443. The average Bonchev–Trinajstić information content (AvgIpc) is 3.14. The van der Waals surface area contributed by atoms with Gasteiger partial charge < -0.3 is 21.8 Å². The number of primary amides is 1. The summed E-state index contributed by atoms with van der Waals surface area (Å²) in [7, 11) is 0. The molecular formula is C20H21N7O. The van der Waals surface area contributed by atoms with E-state index >= 15 is 0 Å². The molecule has 4 rings (SSSR count). The van der Waals surface area contributed by atoms with E-state index in [0.717, 1.165) is 16.8 Å². The van der Waals surface area contributed by atoms with Gasteiger partial charge >= 0.3 is 6.03 Å². The van der Waals surface area contributed by atoms with Crippen molar-refractivity contribution in [2.75, 3.05) is 11.1 Å². The van der Waals surface area contributed by atoms with Gasteiger partial charge in [-0.25, -0.2) is 19.7 Å². The number of rotatable bonds is 3. The van der Waals surface area contributed by atoms with Gasteiger partial charge in [-0.3, -0.25) is 0 Å². The summed E-state index contributed by atoms with van der Waals surface area (Å²) in [4.78, 5) is 26.1. The highest BCUT2D eigenvalue weighted by Crippen LogP contribution is 2.15. The predicted molar refractivity (Wildman–Crippen MR) is 110 cm³/mol. The van der Waals surface area contributed by atoms with E-state index in [1.54, 1.807) is 12.4 Å². The second-order valence-electron chi connectivity index (χ2n) is 6.09. The summed E-state index contributed by atoms with van der Waals surface area (Å²) in [5.74, 6) is 1.13. The lowest BCUT2D eigenvalue weighted by molar-refractivity contribution is 0.259. The number of aromatic nitrogens is 4. The minimum Gasteiger partial charge on any atom is -0.382 e. The lowest BCUT2D eigenvalue weighted by atomic mass is 10.1. The van der Waals surface area contributed by atoms with Gasteiger partial charge in [-0.15, -0.1) is 0 Å². The van der Waals surface area contributed by atoms with Gasteiger partial charge in [0.25, 0.3) is 0 Å². The SMILES string of the molecule is Cc1ccccc1NC(N)=O.Nc1nc(Cc2ccccc2)nc2nc[nH]c12. The van der Waals surface area contributed by atoms with E-state index in [9.17, 15) is 4.79 Å². The minimum atomic E-state index is -0.528. The van der Waals surface area contributed by atoms with Crippen LogP contribution in [-0.4, -0.2) is 26.0 Å². The van der Waals surface area contributed by atoms with Crippen LogP contribution in [0.25, 0.3) is 11.2 Å². The maximum absolute atomic E-state index is 10.4. The number of nitrogens with zero attached hydrogens (tertiary/aromatic N) is 3. The summed E-state index contributed by atoms with van der Waals surface area (Å²) in [6.07, 6.45) is 2.23. The van der Waals surface area contributed by atoms with E-state index in [2.05, 4.69) is 25.3 Å². The second-order valence-corrected chi connectivity index (χ2v) is 6.09. The fourth-order valence-electron chi connectivity index (χ4n) is 2.61. The van der Waals surface area contributed by atoms with E-state index in [0.29, 0.717) is 29.2 Å². The molecule has 2 amide bonds.